The van der Waals surface area contributed by atoms with Crippen LogP contribution in [0.2, 0.25) is 0 Å². The van der Waals surface area contributed by atoms with E-state index in [2.05, 4.69) is 19.8 Å². The minimum Gasteiger partial charge on any atom is -0.396 e. The smallest absolute Gasteiger partial charge is 0.396 e. The van der Waals surface area contributed by atoms with Crippen LogP contribution in [-0.4, -0.2) is 44.0 Å². The first kappa shape index (κ1) is 27.8. The zero-order valence-corrected chi connectivity index (χ0v) is 21.7. The van der Waals surface area contributed by atoms with E-state index in [1.165, 1.54) is 0 Å². The SMILES string of the molecule is NCc1cccc2c(CCCCOP(=O)(O)O)cc(C(=O)Nc3ccc(CCCO)c4cccnc34)nc12. The van der Waals surface area contributed by atoms with Crippen molar-refractivity contribution < 1.29 is 28.8 Å². The number of hydrogen-bond donors (Lipinski definition) is 5. The van der Waals surface area contributed by atoms with Gasteiger partial charge < -0.3 is 25.9 Å². The second kappa shape index (κ2) is 12.5. The number of nitrogens with two attached hydrogens (primary N) is 1. The Hall–Kier alpha value is -3.24. The fourth-order valence-electron chi connectivity index (χ4n) is 4.47. The lowest BCUT2D eigenvalue weighted by atomic mass is 9.99. The summed E-state index contributed by atoms with van der Waals surface area (Å²) in [5, 5.41) is 14.0. The van der Waals surface area contributed by atoms with Gasteiger partial charge in [0.05, 0.1) is 23.3 Å². The number of nitrogens with one attached hydrogen (secondary N) is 1. The molecule has 0 spiro atoms. The highest BCUT2D eigenvalue weighted by Gasteiger charge is 2.17. The molecular formula is C27H31N4O6P. The fourth-order valence-corrected chi connectivity index (χ4v) is 4.84. The van der Waals surface area contributed by atoms with Gasteiger partial charge in [0.15, 0.2) is 0 Å². The number of amides is 1. The largest absolute Gasteiger partial charge is 0.469 e. The number of aryl methyl sites for hydroxylation is 2. The average Bonchev–Trinajstić information content (AvgIpc) is 2.91. The summed E-state index contributed by atoms with van der Waals surface area (Å²) in [7, 11) is -4.50. The minimum atomic E-state index is -4.50. The molecule has 0 aliphatic rings. The molecule has 2 heterocycles. The molecule has 0 unspecified atom stereocenters. The van der Waals surface area contributed by atoms with Crippen LogP contribution in [0, 0.1) is 0 Å². The first-order valence-electron chi connectivity index (χ1n) is 12.4. The number of carbonyl (C=O) groups is 1. The number of phosphoric ester groups is 1. The molecule has 38 heavy (non-hydrogen) atoms. The highest BCUT2D eigenvalue weighted by Crippen LogP contribution is 2.36. The zero-order valence-electron chi connectivity index (χ0n) is 20.8. The number of hydrogen-bond acceptors (Lipinski definition) is 7. The second-order valence-electron chi connectivity index (χ2n) is 8.92. The monoisotopic (exact) mass is 538 g/mol. The number of nitrogens with zero attached hydrogens (tertiary/aromatic N) is 2. The summed E-state index contributed by atoms with van der Waals surface area (Å²) in [5.41, 5.74) is 10.8. The van der Waals surface area contributed by atoms with Crippen LogP contribution in [-0.2, 0) is 28.5 Å². The summed E-state index contributed by atoms with van der Waals surface area (Å²) in [6.07, 6.45) is 4.59. The Labute approximate surface area is 220 Å². The number of aliphatic hydroxyl groups is 1. The first-order valence-corrected chi connectivity index (χ1v) is 13.9. The lowest BCUT2D eigenvalue weighted by Crippen LogP contribution is -2.15. The van der Waals surface area contributed by atoms with Crippen molar-refractivity contribution in [3.8, 4) is 0 Å². The molecule has 0 aliphatic carbocycles. The summed E-state index contributed by atoms with van der Waals surface area (Å²) in [6, 6.07) is 15.0. The van der Waals surface area contributed by atoms with E-state index in [-0.39, 0.29) is 31.4 Å². The second-order valence-corrected chi connectivity index (χ2v) is 10.2. The Kier molecular flexibility index (Phi) is 9.17. The maximum Gasteiger partial charge on any atom is 0.469 e. The summed E-state index contributed by atoms with van der Waals surface area (Å²) >= 11 is 0. The molecule has 0 fully saturated rings. The molecule has 4 rings (SSSR count). The van der Waals surface area contributed by atoms with Gasteiger partial charge in [-0.15, -0.1) is 0 Å². The predicted molar refractivity (Wildman–Crippen MR) is 146 cm³/mol. The van der Waals surface area contributed by atoms with Crippen molar-refractivity contribution in [1.29, 1.82) is 0 Å². The quantitative estimate of drug-likeness (QED) is 0.133. The summed E-state index contributed by atoms with van der Waals surface area (Å²) < 4.78 is 15.5. The van der Waals surface area contributed by atoms with Gasteiger partial charge in [0, 0.05) is 30.1 Å². The van der Waals surface area contributed by atoms with Gasteiger partial charge in [-0.2, -0.15) is 0 Å². The number of benzene rings is 2. The van der Waals surface area contributed by atoms with Crippen LogP contribution in [0.25, 0.3) is 21.8 Å². The number of unbranched alkanes of at least 4 members (excludes halogenated alkanes) is 1. The molecule has 6 N–H and O–H groups in total. The Morgan fingerprint density at radius 1 is 0.947 bits per heavy atom. The van der Waals surface area contributed by atoms with Crippen LogP contribution in [0.1, 0.15) is 46.4 Å². The highest BCUT2D eigenvalue weighted by atomic mass is 31.2. The lowest BCUT2D eigenvalue weighted by molar-refractivity contribution is 0.102. The van der Waals surface area contributed by atoms with Crippen molar-refractivity contribution in [3.05, 3.63) is 77.1 Å². The average molecular weight is 539 g/mol. The van der Waals surface area contributed by atoms with Crippen molar-refractivity contribution in [2.24, 2.45) is 5.73 Å². The lowest BCUT2D eigenvalue weighted by Gasteiger charge is -2.14. The van der Waals surface area contributed by atoms with Crippen LogP contribution in [0.3, 0.4) is 0 Å². The van der Waals surface area contributed by atoms with E-state index in [0.29, 0.717) is 48.8 Å². The molecule has 0 saturated carbocycles. The summed E-state index contributed by atoms with van der Waals surface area (Å²) in [6.45, 7) is 0.287. The number of fused-ring (bicyclic) bond motifs is 2. The Morgan fingerprint density at radius 3 is 2.47 bits per heavy atom. The van der Waals surface area contributed by atoms with E-state index < -0.39 is 7.82 Å². The maximum atomic E-state index is 13.4. The van der Waals surface area contributed by atoms with Gasteiger partial charge in [-0.3, -0.25) is 14.3 Å². The fraction of sp³-hybridized carbons (Fsp3) is 0.296. The molecule has 0 saturated heterocycles. The Bertz CT molecular complexity index is 1490. The molecule has 0 radical (unpaired) electrons. The van der Waals surface area contributed by atoms with Crippen molar-refractivity contribution >= 4 is 41.2 Å². The van der Waals surface area contributed by atoms with Gasteiger partial charge in [-0.1, -0.05) is 30.3 Å². The van der Waals surface area contributed by atoms with Gasteiger partial charge in [0.25, 0.3) is 5.91 Å². The van der Waals surface area contributed by atoms with E-state index in [4.69, 9.17) is 15.5 Å². The third-order valence-electron chi connectivity index (χ3n) is 6.27. The number of phosphoric acid groups is 1. The Morgan fingerprint density at radius 2 is 1.71 bits per heavy atom. The van der Waals surface area contributed by atoms with E-state index in [9.17, 15) is 14.5 Å². The number of aromatic nitrogens is 2. The van der Waals surface area contributed by atoms with Gasteiger partial charge in [0.2, 0.25) is 0 Å². The Balaban J connectivity index is 1.63. The third-order valence-corrected chi connectivity index (χ3v) is 6.79. The molecule has 200 valence electrons. The molecule has 10 nitrogen and oxygen atoms in total. The molecule has 2 aromatic carbocycles. The molecule has 0 atom stereocenters. The van der Waals surface area contributed by atoms with Crippen molar-refractivity contribution in [2.45, 2.75) is 38.6 Å². The van der Waals surface area contributed by atoms with E-state index in [1.54, 1.807) is 12.3 Å². The van der Waals surface area contributed by atoms with Crippen LogP contribution in [0.4, 0.5) is 5.69 Å². The molecule has 11 heteroatoms. The van der Waals surface area contributed by atoms with E-state index >= 15 is 0 Å². The van der Waals surface area contributed by atoms with Gasteiger partial charge in [-0.05, 0) is 67.0 Å². The van der Waals surface area contributed by atoms with Crippen LogP contribution in [0.15, 0.2) is 54.7 Å². The zero-order chi connectivity index (χ0) is 27.1. The topological polar surface area (TPSA) is 168 Å². The van der Waals surface area contributed by atoms with Crippen molar-refractivity contribution in [3.63, 3.8) is 0 Å². The molecule has 0 aliphatic heterocycles. The van der Waals surface area contributed by atoms with Gasteiger partial charge >= 0.3 is 7.82 Å². The maximum absolute atomic E-state index is 13.4. The van der Waals surface area contributed by atoms with Gasteiger partial charge in [0.1, 0.15) is 5.69 Å². The summed E-state index contributed by atoms with van der Waals surface area (Å²) in [5.74, 6) is -0.389. The first-order chi connectivity index (χ1) is 18.3. The number of rotatable bonds is 12. The molecule has 0 bridgehead atoms. The standard InChI is InChI=1S/C27H31N4O6P/c28-17-20-7-3-9-22-19(6-1-2-15-37-38(34,35)36)16-24(30-25(20)22)27(33)31-23-12-11-18(8-5-14-32)21-10-4-13-29-26(21)23/h3-4,7,9-13,16,32H,1-2,5-6,8,14-15,17,28H2,(H,31,33)(H2,34,35,36). The van der Waals surface area contributed by atoms with E-state index in [0.717, 1.165) is 27.5 Å². The molecule has 4 aromatic rings. The molecule has 1 amide bonds. The number of anilines is 1. The van der Waals surface area contributed by atoms with Gasteiger partial charge in [-0.25, -0.2) is 9.55 Å². The van der Waals surface area contributed by atoms with Crippen LogP contribution in [0.5, 0.6) is 0 Å². The predicted octanol–water partition coefficient (Wildman–Crippen LogP) is 3.85. The number of carbonyl (C=O) groups excluding carboxylic acids is 1. The number of para-hydroxylation sites is 1. The van der Waals surface area contributed by atoms with E-state index in [1.807, 2.05) is 42.5 Å². The normalized spacial score (nSPS) is 11.8. The van der Waals surface area contributed by atoms with Crippen molar-refractivity contribution in [1.82, 2.24) is 9.97 Å². The highest BCUT2D eigenvalue weighted by molar-refractivity contribution is 7.46. The molecule has 2 aromatic heterocycles. The van der Waals surface area contributed by atoms with Crippen LogP contribution >= 0.6 is 7.82 Å². The number of pyridine rings is 2. The van der Waals surface area contributed by atoms with Crippen LogP contribution < -0.4 is 11.1 Å². The van der Waals surface area contributed by atoms with Crippen molar-refractivity contribution in [2.75, 3.05) is 18.5 Å². The summed E-state index contributed by atoms with van der Waals surface area (Å²) in [4.78, 5) is 40.3. The number of aliphatic hydroxyl groups excluding tert-OH is 1. The molecular weight excluding hydrogens is 507 g/mol. The third kappa shape index (κ3) is 6.79. The minimum absolute atomic E-state index is 0.0664.